The molecular formula is C8H12N2O5. The summed E-state index contributed by atoms with van der Waals surface area (Å²) in [5.74, 6) is -4.91. The predicted octanol–water partition coefficient (Wildman–Crippen LogP) is -1.67. The van der Waals surface area contributed by atoms with Gasteiger partial charge < -0.3 is 15.4 Å². The van der Waals surface area contributed by atoms with Gasteiger partial charge in [0.1, 0.15) is 0 Å². The lowest BCUT2D eigenvalue weighted by Gasteiger charge is -2.02. The first-order valence-corrected chi connectivity index (χ1v) is 4.35. The normalized spacial score (nSPS) is 8.93. The fraction of sp³-hybridized carbons (Fsp3) is 0.500. The molecule has 15 heavy (non-hydrogen) atoms. The average Bonchev–Trinajstić information content (AvgIpc) is 2.18. The molecule has 0 radical (unpaired) electrons. The van der Waals surface area contributed by atoms with E-state index in [9.17, 15) is 19.2 Å². The molecule has 7 heteroatoms. The number of carbonyl (C=O) groups is 4. The highest BCUT2D eigenvalue weighted by Gasteiger charge is 2.23. The van der Waals surface area contributed by atoms with E-state index in [1.54, 1.807) is 13.8 Å². The van der Waals surface area contributed by atoms with Crippen molar-refractivity contribution in [3.8, 4) is 0 Å². The number of hydrogen-bond acceptors (Lipinski definition) is 5. The molecule has 84 valence electrons. The van der Waals surface area contributed by atoms with Crippen LogP contribution in [0.1, 0.15) is 13.8 Å². The molecule has 0 aromatic rings. The maximum Gasteiger partial charge on any atom is 0.404 e. The molecule has 0 fully saturated rings. The summed E-state index contributed by atoms with van der Waals surface area (Å²) in [6.07, 6.45) is 0. The summed E-state index contributed by atoms with van der Waals surface area (Å²) in [5.41, 5.74) is 0. The summed E-state index contributed by atoms with van der Waals surface area (Å²) in [4.78, 5) is 43.2. The maximum absolute atomic E-state index is 10.8. The number of esters is 2. The molecule has 0 saturated heterocycles. The van der Waals surface area contributed by atoms with E-state index in [2.05, 4.69) is 15.4 Å². The van der Waals surface area contributed by atoms with Crippen molar-refractivity contribution in [2.75, 3.05) is 13.1 Å². The number of rotatable bonds is 2. The van der Waals surface area contributed by atoms with Crippen LogP contribution >= 0.6 is 0 Å². The summed E-state index contributed by atoms with van der Waals surface area (Å²) in [6.45, 7) is 3.64. The van der Waals surface area contributed by atoms with Crippen LogP contribution in [-0.4, -0.2) is 36.8 Å². The maximum atomic E-state index is 10.8. The third kappa shape index (κ3) is 4.75. The summed E-state index contributed by atoms with van der Waals surface area (Å²) in [5, 5.41) is 4.25. The van der Waals surface area contributed by atoms with Gasteiger partial charge >= 0.3 is 23.8 Å². The molecule has 7 nitrogen and oxygen atoms in total. The van der Waals surface area contributed by atoms with Crippen LogP contribution in [0.3, 0.4) is 0 Å². The van der Waals surface area contributed by atoms with Gasteiger partial charge in [0.25, 0.3) is 0 Å². The topological polar surface area (TPSA) is 102 Å². The van der Waals surface area contributed by atoms with E-state index in [0.29, 0.717) is 0 Å². The highest BCUT2D eigenvalue weighted by Crippen LogP contribution is 1.82. The molecule has 2 amide bonds. The lowest BCUT2D eigenvalue weighted by molar-refractivity contribution is -0.168. The number of ether oxygens (including phenoxy) is 1. The number of amides is 2. The van der Waals surface area contributed by atoms with Crippen molar-refractivity contribution in [2.24, 2.45) is 0 Å². The largest absolute Gasteiger partial charge is 0.404 e. The molecule has 0 rings (SSSR count). The second-order valence-corrected chi connectivity index (χ2v) is 2.40. The first-order chi connectivity index (χ1) is 7.02. The molecule has 0 aliphatic heterocycles. The summed E-state index contributed by atoms with van der Waals surface area (Å²) in [6, 6.07) is 0. The molecule has 0 spiro atoms. The van der Waals surface area contributed by atoms with Crippen LogP contribution in [0.2, 0.25) is 0 Å². The Morgan fingerprint density at radius 1 is 0.867 bits per heavy atom. The SMILES string of the molecule is CCNC(=O)C(=O)OC(=O)C(=O)NCC. The van der Waals surface area contributed by atoms with Crippen LogP contribution < -0.4 is 10.6 Å². The Balaban J connectivity index is 4.12. The monoisotopic (exact) mass is 216 g/mol. The second-order valence-electron chi connectivity index (χ2n) is 2.40. The molecule has 0 aliphatic rings. The van der Waals surface area contributed by atoms with Gasteiger partial charge in [-0.2, -0.15) is 0 Å². The molecule has 2 N–H and O–H groups in total. The van der Waals surface area contributed by atoms with Gasteiger partial charge in [-0.05, 0) is 13.8 Å². The Kier molecular flexibility index (Phi) is 5.69. The van der Waals surface area contributed by atoms with Gasteiger partial charge in [-0.15, -0.1) is 0 Å². The molecule has 0 bridgehead atoms. The van der Waals surface area contributed by atoms with Gasteiger partial charge in [-0.1, -0.05) is 0 Å². The lowest BCUT2D eigenvalue weighted by atomic mass is 10.5. The highest BCUT2D eigenvalue weighted by atomic mass is 16.6. The third-order valence-electron chi connectivity index (χ3n) is 1.23. The van der Waals surface area contributed by atoms with Crippen LogP contribution in [-0.2, 0) is 23.9 Å². The van der Waals surface area contributed by atoms with Crippen LogP contribution in [0.15, 0.2) is 0 Å². The van der Waals surface area contributed by atoms with E-state index in [4.69, 9.17) is 0 Å². The van der Waals surface area contributed by atoms with Gasteiger partial charge in [0.2, 0.25) is 0 Å². The smallest absolute Gasteiger partial charge is 0.378 e. The number of nitrogens with one attached hydrogen (secondary N) is 2. The standard InChI is InChI=1S/C8H12N2O5/c1-3-9-5(11)7(13)15-8(14)6(12)10-4-2/h3-4H2,1-2H3,(H,9,11)(H,10,12). The van der Waals surface area contributed by atoms with Gasteiger partial charge in [0.15, 0.2) is 0 Å². The van der Waals surface area contributed by atoms with Gasteiger partial charge in [-0.3, -0.25) is 9.59 Å². The Morgan fingerprint density at radius 2 is 1.20 bits per heavy atom. The van der Waals surface area contributed by atoms with E-state index in [1.807, 2.05) is 0 Å². The number of likely N-dealkylation sites (N-methyl/N-ethyl adjacent to an activating group) is 2. The van der Waals surface area contributed by atoms with Crippen molar-refractivity contribution in [1.29, 1.82) is 0 Å². The molecule has 0 aliphatic carbocycles. The Bertz CT molecular complexity index is 259. The summed E-state index contributed by atoms with van der Waals surface area (Å²) >= 11 is 0. The van der Waals surface area contributed by atoms with Crippen molar-refractivity contribution < 1.29 is 23.9 Å². The zero-order chi connectivity index (χ0) is 11.8. The molecule has 0 saturated carbocycles. The highest BCUT2D eigenvalue weighted by molar-refractivity contribution is 6.41. The second kappa shape index (κ2) is 6.52. The summed E-state index contributed by atoms with van der Waals surface area (Å²) < 4.78 is 3.98. The van der Waals surface area contributed by atoms with E-state index >= 15 is 0 Å². The predicted molar refractivity (Wildman–Crippen MR) is 48.5 cm³/mol. The molecule has 0 heterocycles. The van der Waals surface area contributed by atoms with Crippen LogP contribution in [0, 0.1) is 0 Å². The third-order valence-corrected chi connectivity index (χ3v) is 1.23. The Morgan fingerprint density at radius 3 is 1.47 bits per heavy atom. The van der Waals surface area contributed by atoms with E-state index in [0.717, 1.165) is 0 Å². The Hall–Kier alpha value is -1.92. The molecular weight excluding hydrogens is 204 g/mol. The summed E-state index contributed by atoms with van der Waals surface area (Å²) in [7, 11) is 0. The van der Waals surface area contributed by atoms with Crippen LogP contribution in [0.25, 0.3) is 0 Å². The van der Waals surface area contributed by atoms with Crippen LogP contribution in [0.5, 0.6) is 0 Å². The van der Waals surface area contributed by atoms with E-state index < -0.39 is 23.8 Å². The van der Waals surface area contributed by atoms with Gasteiger partial charge in [0, 0.05) is 13.1 Å². The number of hydrogen-bond donors (Lipinski definition) is 2. The molecule has 0 atom stereocenters. The van der Waals surface area contributed by atoms with E-state index in [1.165, 1.54) is 0 Å². The Labute approximate surface area is 86.2 Å². The fourth-order valence-electron chi connectivity index (χ4n) is 0.642. The zero-order valence-electron chi connectivity index (χ0n) is 8.46. The molecule has 0 unspecified atom stereocenters. The van der Waals surface area contributed by atoms with Gasteiger partial charge in [-0.25, -0.2) is 9.59 Å². The van der Waals surface area contributed by atoms with Crippen molar-refractivity contribution in [3.63, 3.8) is 0 Å². The lowest BCUT2D eigenvalue weighted by Crippen LogP contribution is -2.38. The quantitative estimate of drug-likeness (QED) is 0.326. The van der Waals surface area contributed by atoms with Crippen molar-refractivity contribution in [2.45, 2.75) is 13.8 Å². The van der Waals surface area contributed by atoms with Crippen molar-refractivity contribution >= 4 is 23.8 Å². The first-order valence-electron chi connectivity index (χ1n) is 4.35. The molecule has 0 aromatic heterocycles. The zero-order valence-corrected chi connectivity index (χ0v) is 8.46. The minimum absolute atomic E-state index is 0.225. The minimum Gasteiger partial charge on any atom is -0.378 e. The van der Waals surface area contributed by atoms with E-state index in [-0.39, 0.29) is 13.1 Å². The van der Waals surface area contributed by atoms with Gasteiger partial charge in [0.05, 0.1) is 0 Å². The van der Waals surface area contributed by atoms with Crippen molar-refractivity contribution in [1.82, 2.24) is 10.6 Å². The number of carbonyl (C=O) groups excluding carboxylic acids is 4. The van der Waals surface area contributed by atoms with Crippen LogP contribution in [0.4, 0.5) is 0 Å². The molecule has 0 aromatic carbocycles. The van der Waals surface area contributed by atoms with Crippen molar-refractivity contribution in [3.05, 3.63) is 0 Å². The first kappa shape index (κ1) is 13.1. The minimum atomic E-state index is -1.40. The average molecular weight is 216 g/mol. The fourth-order valence-corrected chi connectivity index (χ4v) is 0.642.